The van der Waals surface area contributed by atoms with Gasteiger partial charge in [0.1, 0.15) is 0 Å². The van der Waals surface area contributed by atoms with Gasteiger partial charge in [-0.05, 0) is 28.8 Å². The molecule has 6 nitrogen and oxygen atoms in total. The molecule has 1 fully saturated rings. The third kappa shape index (κ3) is 6.25. The highest BCUT2D eigenvalue weighted by Crippen LogP contribution is 2.12. The van der Waals surface area contributed by atoms with Crippen LogP contribution in [0.15, 0.2) is 48.5 Å². The van der Waals surface area contributed by atoms with E-state index >= 15 is 0 Å². The van der Waals surface area contributed by atoms with Crippen LogP contribution in [0.2, 0.25) is 0 Å². The molecular formula is C22H30N4O2. The summed E-state index contributed by atoms with van der Waals surface area (Å²) in [4.78, 5) is 16.5. The molecule has 0 saturated carbocycles. The van der Waals surface area contributed by atoms with E-state index in [2.05, 4.69) is 44.7 Å². The van der Waals surface area contributed by atoms with Gasteiger partial charge in [0.15, 0.2) is 0 Å². The summed E-state index contributed by atoms with van der Waals surface area (Å²) in [5, 5.41) is 5.82. The fourth-order valence-corrected chi connectivity index (χ4v) is 3.12. The van der Waals surface area contributed by atoms with E-state index in [0.29, 0.717) is 13.1 Å². The molecule has 1 heterocycles. The predicted molar refractivity (Wildman–Crippen MR) is 112 cm³/mol. The number of nitrogens with one attached hydrogen (secondary N) is 2. The standard InChI is InChI=1S/C22H30N4O2/c1-25(2)21-9-7-19(8-10-21)16-24-22(27)23-15-18-3-5-20(6-4-18)17-26-11-13-28-14-12-26/h3-10H,11-17H2,1-2H3,(H2,23,24,27). The van der Waals surface area contributed by atoms with Crippen molar-refractivity contribution < 1.29 is 9.53 Å². The summed E-state index contributed by atoms with van der Waals surface area (Å²) in [7, 11) is 4.02. The van der Waals surface area contributed by atoms with Crippen LogP contribution in [-0.4, -0.2) is 51.3 Å². The Morgan fingerprint density at radius 2 is 1.39 bits per heavy atom. The summed E-state index contributed by atoms with van der Waals surface area (Å²) in [5.74, 6) is 0. The SMILES string of the molecule is CN(C)c1ccc(CNC(=O)NCc2ccc(CN3CCOCC3)cc2)cc1. The summed E-state index contributed by atoms with van der Waals surface area (Å²) >= 11 is 0. The smallest absolute Gasteiger partial charge is 0.315 e. The quantitative estimate of drug-likeness (QED) is 0.773. The number of carbonyl (C=O) groups excluding carboxylic acids is 1. The van der Waals surface area contributed by atoms with Gasteiger partial charge >= 0.3 is 6.03 Å². The zero-order chi connectivity index (χ0) is 19.8. The third-order valence-electron chi connectivity index (χ3n) is 4.89. The van der Waals surface area contributed by atoms with Crippen LogP contribution >= 0.6 is 0 Å². The number of anilines is 1. The monoisotopic (exact) mass is 382 g/mol. The zero-order valence-electron chi connectivity index (χ0n) is 16.8. The van der Waals surface area contributed by atoms with Crippen molar-refractivity contribution in [2.75, 3.05) is 45.3 Å². The van der Waals surface area contributed by atoms with E-state index in [1.165, 1.54) is 5.56 Å². The minimum Gasteiger partial charge on any atom is -0.379 e. The van der Waals surface area contributed by atoms with Crippen molar-refractivity contribution in [3.63, 3.8) is 0 Å². The van der Waals surface area contributed by atoms with Gasteiger partial charge in [0, 0.05) is 52.5 Å². The van der Waals surface area contributed by atoms with Crippen LogP contribution in [0.5, 0.6) is 0 Å². The summed E-state index contributed by atoms with van der Waals surface area (Å²) in [6.45, 7) is 5.59. The largest absolute Gasteiger partial charge is 0.379 e. The van der Waals surface area contributed by atoms with Crippen LogP contribution in [-0.2, 0) is 24.4 Å². The van der Waals surface area contributed by atoms with Gasteiger partial charge < -0.3 is 20.3 Å². The molecule has 1 aliphatic rings. The Balaban J connectivity index is 1.39. The molecular weight excluding hydrogens is 352 g/mol. The molecule has 0 atom stereocenters. The van der Waals surface area contributed by atoms with E-state index in [9.17, 15) is 4.79 Å². The summed E-state index contributed by atoms with van der Waals surface area (Å²) in [5.41, 5.74) is 4.60. The second-order valence-corrected chi connectivity index (χ2v) is 7.30. The van der Waals surface area contributed by atoms with Crippen molar-refractivity contribution in [1.29, 1.82) is 0 Å². The molecule has 0 unspecified atom stereocenters. The van der Waals surface area contributed by atoms with Crippen molar-refractivity contribution in [2.45, 2.75) is 19.6 Å². The maximum absolute atomic E-state index is 12.0. The first-order chi connectivity index (χ1) is 13.6. The second kappa shape index (κ2) is 10.1. The number of rotatable bonds is 7. The molecule has 2 aromatic rings. The number of ether oxygens (including phenoxy) is 1. The van der Waals surface area contributed by atoms with E-state index in [0.717, 1.165) is 49.7 Å². The molecule has 0 radical (unpaired) electrons. The van der Waals surface area contributed by atoms with Gasteiger partial charge in [0.2, 0.25) is 0 Å². The maximum Gasteiger partial charge on any atom is 0.315 e. The van der Waals surface area contributed by atoms with Gasteiger partial charge in [-0.3, -0.25) is 4.90 Å². The van der Waals surface area contributed by atoms with Crippen molar-refractivity contribution in [3.8, 4) is 0 Å². The highest BCUT2D eigenvalue weighted by atomic mass is 16.5. The van der Waals surface area contributed by atoms with Crippen LogP contribution < -0.4 is 15.5 Å². The van der Waals surface area contributed by atoms with Crippen LogP contribution in [0.3, 0.4) is 0 Å². The van der Waals surface area contributed by atoms with E-state index in [1.807, 2.05) is 38.4 Å². The number of amides is 2. The van der Waals surface area contributed by atoms with Crippen LogP contribution in [0.1, 0.15) is 16.7 Å². The Morgan fingerprint density at radius 1 is 0.893 bits per heavy atom. The zero-order valence-corrected chi connectivity index (χ0v) is 16.8. The first kappa shape index (κ1) is 20.2. The lowest BCUT2D eigenvalue weighted by Gasteiger charge is -2.26. The molecule has 2 amide bonds. The average Bonchev–Trinajstić information content (AvgIpc) is 2.73. The van der Waals surface area contributed by atoms with Gasteiger partial charge in [-0.15, -0.1) is 0 Å². The third-order valence-corrected chi connectivity index (χ3v) is 4.89. The molecule has 6 heteroatoms. The fraction of sp³-hybridized carbons (Fsp3) is 0.409. The molecule has 1 saturated heterocycles. The maximum atomic E-state index is 12.0. The first-order valence-corrected chi connectivity index (χ1v) is 9.76. The molecule has 0 spiro atoms. The average molecular weight is 383 g/mol. The Hall–Kier alpha value is -2.57. The van der Waals surface area contributed by atoms with E-state index in [1.54, 1.807) is 0 Å². The lowest BCUT2D eigenvalue weighted by atomic mass is 10.1. The number of urea groups is 1. The molecule has 1 aliphatic heterocycles. The molecule has 0 aliphatic carbocycles. The van der Waals surface area contributed by atoms with Crippen molar-refractivity contribution >= 4 is 11.7 Å². The highest BCUT2D eigenvalue weighted by Gasteiger charge is 2.10. The molecule has 28 heavy (non-hydrogen) atoms. The van der Waals surface area contributed by atoms with Gasteiger partial charge in [-0.2, -0.15) is 0 Å². The Bertz CT molecular complexity index is 738. The summed E-state index contributed by atoms with van der Waals surface area (Å²) < 4.78 is 5.38. The van der Waals surface area contributed by atoms with Gasteiger partial charge in [-0.25, -0.2) is 4.79 Å². The molecule has 150 valence electrons. The van der Waals surface area contributed by atoms with E-state index in [-0.39, 0.29) is 6.03 Å². The number of benzene rings is 2. The van der Waals surface area contributed by atoms with E-state index < -0.39 is 0 Å². The minimum atomic E-state index is -0.158. The Labute approximate surface area is 167 Å². The van der Waals surface area contributed by atoms with Crippen LogP contribution in [0.4, 0.5) is 10.5 Å². The molecule has 3 rings (SSSR count). The second-order valence-electron chi connectivity index (χ2n) is 7.30. The summed E-state index contributed by atoms with van der Waals surface area (Å²) in [6.07, 6.45) is 0. The number of hydrogen-bond acceptors (Lipinski definition) is 4. The predicted octanol–water partition coefficient (Wildman–Crippen LogP) is 2.58. The molecule has 2 aromatic carbocycles. The molecule has 2 N–H and O–H groups in total. The number of morpholine rings is 1. The summed E-state index contributed by atoms with van der Waals surface area (Å²) in [6, 6.07) is 16.4. The lowest BCUT2D eigenvalue weighted by Crippen LogP contribution is -2.35. The first-order valence-electron chi connectivity index (χ1n) is 9.76. The Morgan fingerprint density at radius 3 is 1.93 bits per heavy atom. The normalized spacial score (nSPS) is 14.5. The van der Waals surface area contributed by atoms with Gasteiger partial charge in [0.25, 0.3) is 0 Å². The van der Waals surface area contributed by atoms with Crippen molar-refractivity contribution in [2.24, 2.45) is 0 Å². The fourth-order valence-electron chi connectivity index (χ4n) is 3.12. The minimum absolute atomic E-state index is 0.158. The topological polar surface area (TPSA) is 56.8 Å². The Kier molecular flexibility index (Phi) is 7.28. The number of hydrogen-bond donors (Lipinski definition) is 2. The molecule has 0 bridgehead atoms. The van der Waals surface area contributed by atoms with E-state index in [4.69, 9.17) is 4.74 Å². The van der Waals surface area contributed by atoms with Crippen molar-refractivity contribution in [1.82, 2.24) is 15.5 Å². The number of nitrogens with zero attached hydrogens (tertiary/aromatic N) is 2. The van der Waals surface area contributed by atoms with Gasteiger partial charge in [0.05, 0.1) is 13.2 Å². The highest BCUT2D eigenvalue weighted by molar-refractivity contribution is 5.73. The van der Waals surface area contributed by atoms with Crippen LogP contribution in [0, 0.1) is 0 Å². The van der Waals surface area contributed by atoms with Crippen molar-refractivity contribution in [3.05, 3.63) is 65.2 Å². The van der Waals surface area contributed by atoms with Gasteiger partial charge in [-0.1, -0.05) is 36.4 Å². The molecule has 0 aromatic heterocycles. The van der Waals surface area contributed by atoms with Crippen LogP contribution in [0.25, 0.3) is 0 Å². The number of carbonyl (C=O) groups is 1. The lowest BCUT2D eigenvalue weighted by molar-refractivity contribution is 0.0342.